The Bertz CT molecular complexity index is 671. The van der Waals surface area contributed by atoms with E-state index in [1.165, 1.54) is 0 Å². The molecule has 0 radical (unpaired) electrons. The fourth-order valence-electron chi connectivity index (χ4n) is 3.30. The number of rotatable bonds is 2. The zero-order valence-electron chi connectivity index (χ0n) is 15.8. The van der Waals surface area contributed by atoms with Gasteiger partial charge in [0.15, 0.2) is 0 Å². The Balaban J connectivity index is 1.80. The van der Waals surface area contributed by atoms with Gasteiger partial charge in [-0.3, -0.25) is 0 Å². The lowest BCUT2D eigenvalue weighted by Gasteiger charge is -2.30. The Kier molecular flexibility index (Phi) is 4.49. The number of allylic oxidation sites excluding steroid dienone is 3. The summed E-state index contributed by atoms with van der Waals surface area (Å²) in [6, 6.07) is 0. The van der Waals surface area contributed by atoms with E-state index in [0.29, 0.717) is 13.2 Å². The second-order valence-electron chi connectivity index (χ2n) is 8.07. The van der Waals surface area contributed by atoms with Gasteiger partial charge in [-0.05, 0) is 69.8 Å². The zero-order valence-corrected chi connectivity index (χ0v) is 15.8. The summed E-state index contributed by atoms with van der Waals surface area (Å²) in [5, 5.41) is 2.78. The molecule has 3 rings (SSSR count). The quantitative estimate of drug-likeness (QED) is 0.778. The Morgan fingerprint density at radius 3 is 2.84 bits per heavy atom. The van der Waals surface area contributed by atoms with Crippen LogP contribution in [0.15, 0.2) is 34.5 Å². The van der Waals surface area contributed by atoms with E-state index in [2.05, 4.69) is 5.32 Å². The Labute approximate surface area is 149 Å². The molecule has 3 aliphatic rings. The highest BCUT2D eigenvalue weighted by Gasteiger charge is 2.50. The van der Waals surface area contributed by atoms with Crippen molar-refractivity contribution in [3.8, 4) is 0 Å². The minimum Gasteiger partial charge on any atom is -0.497 e. The van der Waals surface area contributed by atoms with Crippen molar-refractivity contribution in [3.63, 3.8) is 0 Å². The third-order valence-corrected chi connectivity index (χ3v) is 4.56. The topological polar surface area (TPSA) is 66.0 Å². The molecule has 7 heteroatoms. The van der Waals surface area contributed by atoms with Gasteiger partial charge in [0.05, 0.1) is 18.0 Å². The summed E-state index contributed by atoms with van der Waals surface area (Å²) in [7, 11) is -0.444. The maximum atomic E-state index is 11.9. The monoisotopic (exact) mass is 347 g/mol. The predicted molar refractivity (Wildman–Crippen MR) is 94.8 cm³/mol. The molecule has 136 valence electrons. The first-order chi connectivity index (χ1) is 11.6. The molecule has 0 bridgehead atoms. The number of nitrogens with one attached hydrogen (secondary N) is 1. The van der Waals surface area contributed by atoms with Crippen molar-refractivity contribution in [2.45, 2.75) is 58.8 Å². The van der Waals surface area contributed by atoms with Crippen LogP contribution in [0.25, 0.3) is 0 Å². The fourth-order valence-corrected chi connectivity index (χ4v) is 3.30. The van der Waals surface area contributed by atoms with Gasteiger partial charge in [0.1, 0.15) is 12.2 Å². The van der Waals surface area contributed by atoms with Gasteiger partial charge >= 0.3 is 13.2 Å². The molecule has 0 aliphatic carbocycles. The summed E-state index contributed by atoms with van der Waals surface area (Å²) in [4.78, 5) is 11.9. The van der Waals surface area contributed by atoms with Gasteiger partial charge in [0.2, 0.25) is 0 Å². The van der Waals surface area contributed by atoms with Crippen molar-refractivity contribution in [1.29, 1.82) is 0 Å². The van der Waals surface area contributed by atoms with Gasteiger partial charge < -0.3 is 24.1 Å². The second kappa shape index (κ2) is 6.22. The van der Waals surface area contributed by atoms with Crippen molar-refractivity contribution < 1.29 is 23.6 Å². The molecule has 0 spiro atoms. The summed E-state index contributed by atoms with van der Waals surface area (Å²) in [5.74, 6) is 0. The van der Waals surface area contributed by atoms with Gasteiger partial charge in [0.25, 0.3) is 0 Å². The van der Waals surface area contributed by atoms with Crippen molar-refractivity contribution in [1.82, 2.24) is 5.32 Å². The number of ether oxygens (including phenoxy) is 2. The molecular formula is C18H26BNO5. The lowest BCUT2D eigenvalue weighted by molar-refractivity contribution is 0.0485. The molecule has 1 amide bonds. The van der Waals surface area contributed by atoms with Crippen LogP contribution in [0.3, 0.4) is 0 Å². The smallest absolute Gasteiger partial charge is 0.495 e. The number of amides is 1. The molecule has 0 aromatic heterocycles. The highest BCUT2D eigenvalue weighted by Crippen LogP contribution is 2.43. The van der Waals surface area contributed by atoms with E-state index >= 15 is 0 Å². The SMILES string of the molecule is CC1=C2C=COCC3=C2B(OC1CNC(=O)OC(C)(C)C)OC3(C)C. The number of hydrogen-bond acceptors (Lipinski definition) is 5. The normalized spacial score (nSPS) is 24.7. The summed E-state index contributed by atoms with van der Waals surface area (Å²) in [6.07, 6.45) is 2.93. The third kappa shape index (κ3) is 3.62. The second-order valence-corrected chi connectivity index (χ2v) is 8.07. The molecule has 0 aromatic rings. The molecule has 0 fully saturated rings. The summed E-state index contributed by atoms with van der Waals surface area (Å²) >= 11 is 0. The lowest BCUT2D eigenvalue weighted by Crippen LogP contribution is -2.44. The van der Waals surface area contributed by atoms with Crippen LogP contribution >= 0.6 is 0 Å². The van der Waals surface area contributed by atoms with E-state index in [1.807, 2.05) is 47.6 Å². The first-order valence-electron chi connectivity index (χ1n) is 8.61. The van der Waals surface area contributed by atoms with Crippen molar-refractivity contribution >= 4 is 13.2 Å². The van der Waals surface area contributed by atoms with E-state index < -0.39 is 24.4 Å². The van der Waals surface area contributed by atoms with Crippen molar-refractivity contribution in [3.05, 3.63) is 34.5 Å². The minimum absolute atomic E-state index is 0.283. The maximum absolute atomic E-state index is 11.9. The molecule has 25 heavy (non-hydrogen) atoms. The molecule has 6 nitrogen and oxygen atoms in total. The highest BCUT2D eigenvalue weighted by atomic mass is 16.6. The van der Waals surface area contributed by atoms with Gasteiger partial charge in [-0.25, -0.2) is 4.79 Å². The number of alkyl carbamates (subject to hydrolysis) is 1. The van der Waals surface area contributed by atoms with E-state index in [4.69, 9.17) is 18.8 Å². The lowest BCUT2D eigenvalue weighted by atomic mass is 9.68. The van der Waals surface area contributed by atoms with E-state index in [1.54, 1.807) is 6.26 Å². The average Bonchev–Trinajstić information content (AvgIpc) is 2.63. The van der Waals surface area contributed by atoms with Gasteiger partial charge in [-0.15, -0.1) is 0 Å². The third-order valence-electron chi connectivity index (χ3n) is 4.56. The van der Waals surface area contributed by atoms with E-state index in [0.717, 1.165) is 22.2 Å². The summed E-state index contributed by atoms with van der Waals surface area (Å²) in [5.41, 5.74) is 3.31. The van der Waals surface area contributed by atoms with Crippen molar-refractivity contribution in [2.75, 3.05) is 13.2 Å². The Hall–Kier alpha value is -1.73. The molecule has 1 unspecified atom stereocenters. The molecule has 0 aromatic carbocycles. The molecule has 1 N–H and O–H groups in total. The summed E-state index contributed by atoms with van der Waals surface area (Å²) < 4.78 is 23.1. The summed E-state index contributed by atoms with van der Waals surface area (Å²) in [6.45, 7) is 12.4. The van der Waals surface area contributed by atoms with Gasteiger partial charge in [-0.1, -0.05) is 0 Å². The molecule has 0 saturated heterocycles. The van der Waals surface area contributed by atoms with Crippen LogP contribution in [0.1, 0.15) is 41.5 Å². The van der Waals surface area contributed by atoms with Gasteiger partial charge in [-0.2, -0.15) is 0 Å². The average molecular weight is 347 g/mol. The number of carbonyl (C=O) groups excluding carboxylic acids is 1. The van der Waals surface area contributed by atoms with E-state index in [9.17, 15) is 4.79 Å². The number of carbonyl (C=O) groups is 1. The standard InChI is InChI=1S/C18H26BNO5/c1-11-12-7-8-22-10-13-15(12)19(25-18(13,5)6)24-14(11)9-20-16(21)23-17(2,3)4/h7-8,14H,9-10H2,1-6H3,(H,20,21). The first kappa shape index (κ1) is 18.1. The van der Waals surface area contributed by atoms with Crippen LogP contribution in [0, 0.1) is 0 Å². The fraction of sp³-hybridized carbons (Fsp3) is 0.611. The Morgan fingerprint density at radius 2 is 2.16 bits per heavy atom. The van der Waals surface area contributed by atoms with Crippen molar-refractivity contribution in [2.24, 2.45) is 0 Å². The van der Waals surface area contributed by atoms with E-state index in [-0.39, 0.29) is 6.10 Å². The van der Waals surface area contributed by atoms with Crippen LogP contribution in [0.5, 0.6) is 0 Å². The predicted octanol–water partition coefficient (Wildman–Crippen LogP) is 2.90. The van der Waals surface area contributed by atoms with Crippen LogP contribution in [-0.4, -0.2) is 43.7 Å². The zero-order chi connectivity index (χ0) is 18.4. The van der Waals surface area contributed by atoms with Gasteiger partial charge in [0, 0.05) is 6.54 Å². The van der Waals surface area contributed by atoms with Crippen LogP contribution < -0.4 is 5.32 Å². The highest BCUT2D eigenvalue weighted by molar-refractivity contribution is 6.57. The Morgan fingerprint density at radius 1 is 1.44 bits per heavy atom. The molecule has 3 aliphatic heterocycles. The molecule has 1 atom stereocenters. The first-order valence-corrected chi connectivity index (χ1v) is 8.61. The van der Waals surface area contributed by atoms with Crippen LogP contribution in [-0.2, 0) is 18.8 Å². The molecular weight excluding hydrogens is 321 g/mol. The van der Waals surface area contributed by atoms with Crippen LogP contribution in [0.4, 0.5) is 4.79 Å². The number of hydrogen-bond donors (Lipinski definition) is 1. The largest absolute Gasteiger partial charge is 0.497 e. The molecule has 0 saturated carbocycles. The van der Waals surface area contributed by atoms with Crippen LogP contribution in [0.2, 0.25) is 0 Å². The molecule has 3 heterocycles. The maximum Gasteiger partial charge on any atom is 0.495 e. The minimum atomic E-state index is -0.532.